The normalized spacial score (nSPS) is 11.4. The molecule has 0 aromatic heterocycles. The second kappa shape index (κ2) is 5.80. The van der Waals surface area contributed by atoms with Gasteiger partial charge < -0.3 is 5.73 Å². The molecule has 0 saturated carbocycles. The Morgan fingerprint density at radius 3 is 2.38 bits per heavy atom. The first-order valence-electron chi connectivity index (χ1n) is 5.83. The monoisotopic (exact) mass is 219 g/mol. The lowest BCUT2D eigenvalue weighted by Gasteiger charge is -2.23. The van der Waals surface area contributed by atoms with Crippen LogP contribution in [0.1, 0.15) is 43.5 Å². The van der Waals surface area contributed by atoms with Gasteiger partial charge in [-0.15, -0.1) is 0 Å². The van der Waals surface area contributed by atoms with Gasteiger partial charge in [0.2, 0.25) is 0 Å². The van der Waals surface area contributed by atoms with Gasteiger partial charge in [-0.1, -0.05) is 44.2 Å². The highest BCUT2D eigenvalue weighted by atomic mass is 16.1. The third-order valence-electron chi connectivity index (χ3n) is 2.95. The number of nitrogens with two attached hydrogens (primary N) is 1. The molecule has 0 saturated heterocycles. The molecule has 0 amide bonds. The van der Waals surface area contributed by atoms with Gasteiger partial charge in [-0.25, -0.2) is 0 Å². The Balaban J connectivity index is 2.48. The highest BCUT2D eigenvalue weighted by Crippen LogP contribution is 2.26. The van der Waals surface area contributed by atoms with Crippen molar-refractivity contribution in [3.05, 3.63) is 35.9 Å². The zero-order valence-electron chi connectivity index (χ0n) is 10.2. The molecule has 2 heteroatoms. The van der Waals surface area contributed by atoms with Gasteiger partial charge in [0.25, 0.3) is 0 Å². The molecule has 0 spiro atoms. The second-order valence-corrected chi connectivity index (χ2v) is 4.99. The molecule has 1 rings (SSSR count). The predicted octanol–water partition coefficient (Wildman–Crippen LogP) is 3.02. The number of carbonyl (C=O) groups is 1. The van der Waals surface area contributed by atoms with Gasteiger partial charge in [0, 0.05) is 12.0 Å². The lowest BCUT2D eigenvalue weighted by molar-refractivity contribution is 0.0961. The summed E-state index contributed by atoms with van der Waals surface area (Å²) < 4.78 is 0. The van der Waals surface area contributed by atoms with Crippen molar-refractivity contribution in [2.24, 2.45) is 11.1 Å². The minimum atomic E-state index is 0.166. The van der Waals surface area contributed by atoms with Crippen LogP contribution in [0.4, 0.5) is 0 Å². The van der Waals surface area contributed by atoms with E-state index in [1.807, 2.05) is 30.3 Å². The standard InChI is InChI=1S/C14H21NO/c1-14(2,10-11-15)9-8-13(16)12-6-4-3-5-7-12/h3-7H,8-11,15H2,1-2H3. The first kappa shape index (κ1) is 12.9. The van der Waals surface area contributed by atoms with E-state index >= 15 is 0 Å². The third-order valence-corrected chi connectivity index (χ3v) is 2.95. The van der Waals surface area contributed by atoms with Crippen LogP contribution in [0.15, 0.2) is 30.3 Å². The zero-order valence-corrected chi connectivity index (χ0v) is 10.2. The number of hydrogen-bond acceptors (Lipinski definition) is 2. The maximum atomic E-state index is 11.9. The highest BCUT2D eigenvalue weighted by Gasteiger charge is 2.18. The molecule has 0 bridgehead atoms. The van der Waals surface area contributed by atoms with Crippen LogP contribution in [0.5, 0.6) is 0 Å². The van der Waals surface area contributed by atoms with Crippen molar-refractivity contribution in [3.8, 4) is 0 Å². The lowest BCUT2D eigenvalue weighted by atomic mass is 9.83. The van der Waals surface area contributed by atoms with Crippen molar-refractivity contribution in [2.75, 3.05) is 6.54 Å². The average Bonchev–Trinajstić information content (AvgIpc) is 2.27. The molecule has 0 heterocycles. The van der Waals surface area contributed by atoms with E-state index in [9.17, 15) is 4.79 Å². The fourth-order valence-electron chi connectivity index (χ4n) is 1.74. The summed E-state index contributed by atoms with van der Waals surface area (Å²) in [6.45, 7) is 5.02. The average molecular weight is 219 g/mol. The third kappa shape index (κ3) is 4.15. The van der Waals surface area contributed by atoms with Gasteiger partial charge in [0.15, 0.2) is 5.78 Å². The Hall–Kier alpha value is -1.15. The van der Waals surface area contributed by atoms with Crippen LogP contribution >= 0.6 is 0 Å². The van der Waals surface area contributed by atoms with E-state index in [4.69, 9.17) is 5.73 Å². The Bertz CT molecular complexity index is 330. The molecule has 2 N–H and O–H groups in total. The molecule has 16 heavy (non-hydrogen) atoms. The molecule has 0 atom stereocenters. The number of benzene rings is 1. The van der Waals surface area contributed by atoms with Crippen molar-refractivity contribution in [1.29, 1.82) is 0 Å². The van der Waals surface area contributed by atoms with E-state index in [0.29, 0.717) is 13.0 Å². The van der Waals surface area contributed by atoms with Crippen molar-refractivity contribution in [3.63, 3.8) is 0 Å². The molecule has 2 nitrogen and oxygen atoms in total. The van der Waals surface area contributed by atoms with Crippen molar-refractivity contribution in [1.82, 2.24) is 0 Å². The number of rotatable bonds is 6. The van der Waals surface area contributed by atoms with Gasteiger partial charge >= 0.3 is 0 Å². The number of hydrogen-bond donors (Lipinski definition) is 1. The fraction of sp³-hybridized carbons (Fsp3) is 0.500. The van der Waals surface area contributed by atoms with E-state index in [2.05, 4.69) is 13.8 Å². The summed E-state index contributed by atoms with van der Waals surface area (Å²) >= 11 is 0. The molecule has 0 fully saturated rings. The molecule has 0 aliphatic carbocycles. The van der Waals surface area contributed by atoms with Crippen LogP contribution in [0.25, 0.3) is 0 Å². The van der Waals surface area contributed by atoms with E-state index in [-0.39, 0.29) is 11.2 Å². The van der Waals surface area contributed by atoms with Crippen LogP contribution < -0.4 is 5.73 Å². The van der Waals surface area contributed by atoms with Gasteiger partial charge in [0.05, 0.1) is 0 Å². The first-order valence-corrected chi connectivity index (χ1v) is 5.83. The quantitative estimate of drug-likeness (QED) is 0.747. The van der Waals surface area contributed by atoms with Gasteiger partial charge in [-0.2, -0.15) is 0 Å². The zero-order chi connectivity index (χ0) is 12.0. The molecule has 0 radical (unpaired) electrons. The van der Waals surface area contributed by atoms with Crippen LogP contribution in [0.2, 0.25) is 0 Å². The van der Waals surface area contributed by atoms with Crippen molar-refractivity contribution in [2.45, 2.75) is 33.1 Å². The van der Waals surface area contributed by atoms with Crippen LogP contribution in [-0.4, -0.2) is 12.3 Å². The topological polar surface area (TPSA) is 43.1 Å². The Kier molecular flexibility index (Phi) is 4.69. The smallest absolute Gasteiger partial charge is 0.162 e. The lowest BCUT2D eigenvalue weighted by Crippen LogP contribution is -2.18. The predicted molar refractivity (Wildman–Crippen MR) is 67.5 cm³/mol. The first-order chi connectivity index (χ1) is 7.55. The minimum Gasteiger partial charge on any atom is -0.330 e. The van der Waals surface area contributed by atoms with E-state index < -0.39 is 0 Å². The summed E-state index contributed by atoms with van der Waals surface area (Å²) in [4.78, 5) is 11.9. The maximum Gasteiger partial charge on any atom is 0.162 e. The SMILES string of the molecule is CC(C)(CCN)CCC(=O)c1ccccc1. The molecule has 1 aromatic rings. The Labute approximate surface area is 97.9 Å². The summed E-state index contributed by atoms with van der Waals surface area (Å²) in [5.74, 6) is 0.227. The molecular weight excluding hydrogens is 198 g/mol. The molecule has 0 unspecified atom stereocenters. The molecule has 0 aliphatic heterocycles. The van der Waals surface area contributed by atoms with Gasteiger partial charge in [-0.3, -0.25) is 4.79 Å². The van der Waals surface area contributed by atoms with E-state index in [1.165, 1.54) is 0 Å². The maximum absolute atomic E-state index is 11.9. The summed E-state index contributed by atoms with van der Waals surface area (Å²) in [5, 5.41) is 0. The molecular formula is C14H21NO. The fourth-order valence-corrected chi connectivity index (χ4v) is 1.74. The van der Waals surface area contributed by atoms with Gasteiger partial charge in [-0.05, 0) is 24.8 Å². The largest absolute Gasteiger partial charge is 0.330 e. The summed E-state index contributed by atoms with van der Waals surface area (Å²) in [6, 6.07) is 9.47. The number of carbonyl (C=O) groups excluding carboxylic acids is 1. The highest BCUT2D eigenvalue weighted by molar-refractivity contribution is 5.95. The van der Waals surface area contributed by atoms with E-state index in [1.54, 1.807) is 0 Å². The van der Waals surface area contributed by atoms with Crippen molar-refractivity contribution >= 4 is 5.78 Å². The summed E-state index contributed by atoms with van der Waals surface area (Å²) in [6.07, 6.45) is 2.48. The number of ketones is 1. The van der Waals surface area contributed by atoms with Gasteiger partial charge in [0.1, 0.15) is 0 Å². The van der Waals surface area contributed by atoms with E-state index in [0.717, 1.165) is 18.4 Å². The number of Topliss-reactive ketones (excluding diaryl/α,β-unsaturated/α-hetero) is 1. The summed E-state index contributed by atoms with van der Waals surface area (Å²) in [5.41, 5.74) is 6.52. The van der Waals surface area contributed by atoms with Crippen LogP contribution in [-0.2, 0) is 0 Å². The molecule has 88 valence electrons. The Morgan fingerprint density at radius 2 is 1.81 bits per heavy atom. The Morgan fingerprint density at radius 1 is 1.19 bits per heavy atom. The molecule has 0 aliphatic rings. The second-order valence-electron chi connectivity index (χ2n) is 4.99. The van der Waals surface area contributed by atoms with Crippen molar-refractivity contribution < 1.29 is 4.79 Å². The minimum absolute atomic E-state index is 0.166. The molecule has 1 aromatic carbocycles. The van der Waals surface area contributed by atoms with Crippen LogP contribution in [0, 0.1) is 5.41 Å². The van der Waals surface area contributed by atoms with Crippen LogP contribution in [0.3, 0.4) is 0 Å². The summed E-state index contributed by atoms with van der Waals surface area (Å²) in [7, 11) is 0.